The van der Waals surface area contributed by atoms with E-state index in [0.29, 0.717) is 6.04 Å². The molecule has 3 heteroatoms. The van der Waals surface area contributed by atoms with E-state index in [2.05, 4.69) is 52.0 Å². The molecule has 1 N–H and O–H groups in total. The van der Waals surface area contributed by atoms with Gasteiger partial charge >= 0.3 is 0 Å². The van der Waals surface area contributed by atoms with Crippen LogP contribution in [-0.4, -0.2) is 50.3 Å². The Bertz CT molecular complexity index is 179. The van der Waals surface area contributed by atoms with Crippen LogP contribution in [0.5, 0.6) is 0 Å². The number of nitrogens with one attached hydrogen (secondary N) is 1. The lowest BCUT2D eigenvalue weighted by Crippen LogP contribution is -2.60. The molecule has 1 unspecified atom stereocenters. The third-order valence-electron chi connectivity index (χ3n) is 3.85. The molecule has 0 bridgehead atoms. The molecule has 3 nitrogen and oxygen atoms in total. The van der Waals surface area contributed by atoms with Gasteiger partial charge < -0.3 is 15.0 Å². The maximum absolute atomic E-state index is 5.77. The molecule has 0 radical (unpaired) electrons. The molecule has 104 valence electrons. The van der Waals surface area contributed by atoms with Gasteiger partial charge in [-0.2, -0.15) is 0 Å². The Morgan fingerprint density at radius 2 is 1.71 bits per heavy atom. The van der Waals surface area contributed by atoms with Crippen LogP contribution in [0.15, 0.2) is 0 Å². The SMILES string of the molecule is CCCOCC(NCC)C(CC)(CC)N(C)C. The highest BCUT2D eigenvalue weighted by molar-refractivity contribution is 4.96. The van der Waals surface area contributed by atoms with Gasteiger partial charge in [0.1, 0.15) is 0 Å². The Hall–Kier alpha value is -0.120. The van der Waals surface area contributed by atoms with Crippen molar-refractivity contribution in [3.8, 4) is 0 Å². The molecule has 0 saturated heterocycles. The van der Waals surface area contributed by atoms with Gasteiger partial charge in [0, 0.05) is 18.2 Å². The second-order valence-electron chi connectivity index (χ2n) is 4.89. The number of hydrogen-bond acceptors (Lipinski definition) is 3. The van der Waals surface area contributed by atoms with Gasteiger partial charge in [-0.3, -0.25) is 0 Å². The Morgan fingerprint density at radius 3 is 2.06 bits per heavy atom. The van der Waals surface area contributed by atoms with Crippen molar-refractivity contribution in [3.63, 3.8) is 0 Å². The lowest BCUT2D eigenvalue weighted by Gasteiger charge is -2.45. The van der Waals surface area contributed by atoms with Gasteiger partial charge in [0.2, 0.25) is 0 Å². The fourth-order valence-electron chi connectivity index (χ4n) is 2.68. The van der Waals surface area contributed by atoms with Gasteiger partial charge in [-0.25, -0.2) is 0 Å². The second-order valence-corrected chi connectivity index (χ2v) is 4.89. The Morgan fingerprint density at radius 1 is 1.12 bits per heavy atom. The fraction of sp³-hybridized carbons (Fsp3) is 1.00. The quantitative estimate of drug-likeness (QED) is 0.598. The number of ether oxygens (including phenoxy) is 1. The molecule has 0 rings (SSSR count). The summed E-state index contributed by atoms with van der Waals surface area (Å²) in [5.41, 5.74) is 0.198. The zero-order chi connectivity index (χ0) is 13.3. The maximum Gasteiger partial charge on any atom is 0.0637 e. The second kappa shape index (κ2) is 8.90. The van der Waals surface area contributed by atoms with E-state index in [4.69, 9.17) is 4.74 Å². The van der Waals surface area contributed by atoms with E-state index < -0.39 is 0 Å². The van der Waals surface area contributed by atoms with E-state index in [1.54, 1.807) is 0 Å². The minimum absolute atomic E-state index is 0.198. The normalized spacial score (nSPS) is 14.3. The van der Waals surface area contributed by atoms with Gasteiger partial charge in [0.05, 0.1) is 6.61 Å². The number of rotatable bonds is 10. The van der Waals surface area contributed by atoms with Crippen LogP contribution in [0.4, 0.5) is 0 Å². The molecule has 17 heavy (non-hydrogen) atoms. The summed E-state index contributed by atoms with van der Waals surface area (Å²) in [4.78, 5) is 2.36. The van der Waals surface area contributed by atoms with E-state index in [-0.39, 0.29) is 5.54 Å². The predicted octanol–water partition coefficient (Wildman–Crippen LogP) is 2.51. The maximum atomic E-state index is 5.77. The Balaban J connectivity index is 4.69. The summed E-state index contributed by atoms with van der Waals surface area (Å²) in [7, 11) is 4.36. The van der Waals surface area contributed by atoms with Crippen LogP contribution in [0, 0.1) is 0 Å². The van der Waals surface area contributed by atoms with Crippen LogP contribution in [0.2, 0.25) is 0 Å². The van der Waals surface area contributed by atoms with Crippen molar-refractivity contribution in [2.24, 2.45) is 0 Å². The summed E-state index contributed by atoms with van der Waals surface area (Å²) in [6.45, 7) is 11.5. The summed E-state index contributed by atoms with van der Waals surface area (Å²) in [6, 6.07) is 0.407. The summed E-state index contributed by atoms with van der Waals surface area (Å²) >= 11 is 0. The first-order valence-corrected chi connectivity index (χ1v) is 7.07. The molecule has 0 aromatic heterocycles. The van der Waals surface area contributed by atoms with Crippen LogP contribution in [0.1, 0.15) is 47.0 Å². The molecular formula is C14H32N2O. The highest BCUT2D eigenvalue weighted by Crippen LogP contribution is 2.26. The van der Waals surface area contributed by atoms with E-state index in [1.165, 1.54) is 0 Å². The summed E-state index contributed by atoms with van der Waals surface area (Å²) < 4.78 is 5.77. The van der Waals surface area contributed by atoms with Crippen LogP contribution in [0.3, 0.4) is 0 Å². The van der Waals surface area contributed by atoms with Crippen LogP contribution >= 0.6 is 0 Å². The molecule has 0 amide bonds. The molecule has 0 aliphatic carbocycles. The van der Waals surface area contributed by atoms with Gasteiger partial charge in [0.25, 0.3) is 0 Å². The van der Waals surface area contributed by atoms with Gasteiger partial charge in [-0.05, 0) is 39.9 Å². The number of hydrogen-bond donors (Lipinski definition) is 1. The first kappa shape index (κ1) is 16.9. The lowest BCUT2D eigenvalue weighted by atomic mass is 9.83. The molecule has 0 aromatic carbocycles. The van der Waals surface area contributed by atoms with E-state index in [0.717, 1.165) is 39.0 Å². The van der Waals surface area contributed by atoms with Crippen molar-refractivity contribution in [1.29, 1.82) is 0 Å². The van der Waals surface area contributed by atoms with Crippen molar-refractivity contribution in [2.45, 2.75) is 58.5 Å². The van der Waals surface area contributed by atoms with Crippen molar-refractivity contribution in [3.05, 3.63) is 0 Å². The van der Waals surface area contributed by atoms with Crippen molar-refractivity contribution >= 4 is 0 Å². The zero-order valence-corrected chi connectivity index (χ0v) is 12.7. The molecule has 0 aromatic rings. The largest absolute Gasteiger partial charge is 0.380 e. The van der Waals surface area contributed by atoms with Gasteiger partial charge in [0.15, 0.2) is 0 Å². The molecule has 1 atom stereocenters. The topological polar surface area (TPSA) is 24.5 Å². The average Bonchev–Trinajstić information content (AvgIpc) is 2.31. The summed E-state index contributed by atoms with van der Waals surface area (Å²) in [5, 5.41) is 3.60. The van der Waals surface area contributed by atoms with Crippen LogP contribution in [0.25, 0.3) is 0 Å². The molecule has 0 spiro atoms. The Labute approximate surface area is 108 Å². The van der Waals surface area contributed by atoms with Crippen molar-refractivity contribution in [1.82, 2.24) is 10.2 Å². The van der Waals surface area contributed by atoms with Gasteiger partial charge in [-0.15, -0.1) is 0 Å². The highest BCUT2D eigenvalue weighted by Gasteiger charge is 2.37. The minimum atomic E-state index is 0.198. The summed E-state index contributed by atoms with van der Waals surface area (Å²) in [6.07, 6.45) is 3.37. The fourth-order valence-corrected chi connectivity index (χ4v) is 2.68. The number of likely N-dealkylation sites (N-methyl/N-ethyl adjacent to an activating group) is 2. The Kier molecular flexibility index (Phi) is 8.83. The molecule has 0 aliphatic rings. The monoisotopic (exact) mass is 244 g/mol. The molecule has 0 saturated carbocycles. The predicted molar refractivity (Wildman–Crippen MR) is 75.6 cm³/mol. The molecule has 0 fully saturated rings. The third-order valence-corrected chi connectivity index (χ3v) is 3.85. The molecular weight excluding hydrogens is 212 g/mol. The first-order chi connectivity index (χ1) is 8.08. The van der Waals surface area contributed by atoms with Gasteiger partial charge in [-0.1, -0.05) is 27.7 Å². The zero-order valence-electron chi connectivity index (χ0n) is 12.7. The van der Waals surface area contributed by atoms with Crippen molar-refractivity contribution < 1.29 is 4.74 Å². The summed E-state index contributed by atoms with van der Waals surface area (Å²) in [5.74, 6) is 0. The van der Waals surface area contributed by atoms with Crippen LogP contribution in [-0.2, 0) is 4.74 Å². The highest BCUT2D eigenvalue weighted by atomic mass is 16.5. The van der Waals surface area contributed by atoms with Crippen LogP contribution < -0.4 is 5.32 Å². The van der Waals surface area contributed by atoms with E-state index in [1.807, 2.05) is 0 Å². The first-order valence-electron chi connectivity index (χ1n) is 7.07. The average molecular weight is 244 g/mol. The third kappa shape index (κ3) is 4.57. The smallest absolute Gasteiger partial charge is 0.0637 e. The lowest BCUT2D eigenvalue weighted by molar-refractivity contribution is 0.0252. The van der Waals surface area contributed by atoms with E-state index in [9.17, 15) is 0 Å². The molecule has 0 heterocycles. The molecule has 0 aliphatic heterocycles. The van der Waals surface area contributed by atoms with E-state index >= 15 is 0 Å². The van der Waals surface area contributed by atoms with Crippen molar-refractivity contribution in [2.75, 3.05) is 33.9 Å². The minimum Gasteiger partial charge on any atom is -0.380 e. The number of nitrogens with zero attached hydrogens (tertiary/aromatic N) is 1. The standard InChI is InChI=1S/C14H32N2O/c1-7-11-17-12-13(15-10-4)14(8-2,9-3)16(5)6/h13,15H,7-12H2,1-6H3.